The number of esters is 1. The molecule has 2 rings (SSSR count). The number of hydrogen-bond donors (Lipinski definition) is 2. The number of nitrogens with two attached hydrogens (primary N) is 1. The molecule has 3 atom stereocenters. The number of amides is 1. The number of benzene rings is 1. The van der Waals surface area contributed by atoms with E-state index in [0.717, 1.165) is 6.08 Å². The summed E-state index contributed by atoms with van der Waals surface area (Å²) in [5.74, 6) is -1.40. The van der Waals surface area contributed by atoms with E-state index < -0.39 is 29.9 Å². The molecule has 7 heteroatoms. The minimum atomic E-state index is -2.08. The molecule has 3 N–H and O–H groups in total. The Hall–Kier alpha value is -2.83. The number of carbonyl (C=O) groups is 2. The summed E-state index contributed by atoms with van der Waals surface area (Å²) < 4.78 is 25.4. The highest BCUT2D eigenvalue weighted by molar-refractivity contribution is 5.89. The Labute approximate surface area is 132 Å². The van der Waals surface area contributed by atoms with Crippen LogP contribution in [0.25, 0.3) is 0 Å². The third kappa shape index (κ3) is 3.68. The normalized spacial score (nSPS) is 26.8. The zero-order valence-electron chi connectivity index (χ0n) is 12.5. The fourth-order valence-corrected chi connectivity index (χ4v) is 2.13. The van der Waals surface area contributed by atoms with Gasteiger partial charge in [0.1, 0.15) is 5.76 Å². The zero-order chi connectivity index (χ0) is 17.0. The lowest BCUT2D eigenvalue weighted by Gasteiger charge is -2.24. The van der Waals surface area contributed by atoms with Crippen molar-refractivity contribution in [3.8, 4) is 0 Å². The van der Waals surface area contributed by atoms with Crippen molar-refractivity contribution < 1.29 is 23.5 Å². The maximum absolute atomic E-state index is 14.9. The van der Waals surface area contributed by atoms with Gasteiger partial charge in [-0.05, 0) is 19.1 Å². The Morgan fingerprint density at radius 3 is 2.70 bits per heavy atom. The van der Waals surface area contributed by atoms with Gasteiger partial charge in [0.2, 0.25) is 17.8 Å². The van der Waals surface area contributed by atoms with Crippen molar-refractivity contribution in [1.29, 1.82) is 0 Å². The molecule has 0 aromatic heterocycles. The lowest BCUT2D eigenvalue weighted by Crippen LogP contribution is -2.47. The van der Waals surface area contributed by atoms with Crippen molar-refractivity contribution >= 4 is 11.9 Å². The van der Waals surface area contributed by atoms with E-state index in [-0.39, 0.29) is 5.76 Å². The van der Waals surface area contributed by atoms with Gasteiger partial charge in [-0.3, -0.25) is 4.79 Å². The van der Waals surface area contributed by atoms with E-state index in [9.17, 15) is 14.0 Å². The first-order valence-electron chi connectivity index (χ1n) is 6.85. The van der Waals surface area contributed by atoms with Crippen LogP contribution < -0.4 is 11.1 Å². The quantitative estimate of drug-likeness (QED) is 0.632. The number of ether oxygens (including phenoxy) is 2. The fourth-order valence-electron chi connectivity index (χ4n) is 2.13. The van der Waals surface area contributed by atoms with Gasteiger partial charge in [-0.2, -0.15) is 0 Å². The monoisotopic (exact) mass is 320 g/mol. The first kappa shape index (κ1) is 16.5. The second-order valence-corrected chi connectivity index (χ2v) is 5.17. The summed E-state index contributed by atoms with van der Waals surface area (Å²) in [5.41, 5.74) is 3.16. The van der Waals surface area contributed by atoms with Gasteiger partial charge in [-0.25, -0.2) is 9.18 Å². The Kier molecular flexibility index (Phi) is 4.68. The van der Waals surface area contributed by atoms with Crippen molar-refractivity contribution in [2.45, 2.75) is 24.9 Å². The van der Waals surface area contributed by atoms with Gasteiger partial charge in [0, 0.05) is 12.3 Å². The number of primary amides is 1. The number of halogens is 1. The first-order chi connectivity index (χ1) is 10.8. The molecule has 0 unspecified atom stereocenters. The highest BCUT2D eigenvalue weighted by Crippen LogP contribution is 2.37. The van der Waals surface area contributed by atoms with Crippen LogP contribution in [0.15, 0.2) is 54.9 Å². The Morgan fingerprint density at radius 1 is 1.43 bits per heavy atom. The van der Waals surface area contributed by atoms with Crippen molar-refractivity contribution in [1.82, 2.24) is 5.32 Å². The molecule has 6 nitrogen and oxygen atoms in total. The molecule has 0 spiro atoms. The Morgan fingerprint density at radius 2 is 2.09 bits per heavy atom. The second kappa shape index (κ2) is 6.51. The molecular formula is C16H17FN2O4. The van der Waals surface area contributed by atoms with Crippen molar-refractivity contribution in [3.05, 3.63) is 60.5 Å². The fraction of sp³-hybridized carbons (Fsp3) is 0.250. The predicted octanol–water partition coefficient (Wildman–Crippen LogP) is 1.40. The average Bonchev–Trinajstić information content (AvgIpc) is 2.71. The van der Waals surface area contributed by atoms with Gasteiger partial charge >= 0.3 is 5.97 Å². The van der Waals surface area contributed by atoms with Crippen LogP contribution >= 0.6 is 0 Å². The standard InChI is InChI=1S/C16H17FN2O4/c1-10-13(23-14(21)11-6-4-3-5-7-11)16(2,17)15(22-10)19-9-8-12(18)20/h3-9,13,15,19H,1H2,2H3,(H2,18,20)/b9-8-/t13-,15-,16-/m1/s1. The van der Waals surface area contributed by atoms with Gasteiger partial charge in [0.25, 0.3) is 0 Å². The summed E-state index contributed by atoms with van der Waals surface area (Å²) in [7, 11) is 0. The minimum Gasteiger partial charge on any atom is -0.468 e. The van der Waals surface area contributed by atoms with Crippen molar-refractivity contribution in [2.24, 2.45) is 5.73 Å². The highest BCUT2D eigenvalue weighted by Gasteiger charge is 2.54. The third-order valence-electron chi connectivity index (χ3n) is 3.32. The summed E-state index contributed by atoms with van der Waals surface area (Å²) in [6, 6.07) is 8.21. The van der Waals surface area contributed by atoms with Crippen LogP contribution in [0, 0.1) is 0 Å². The van der Waals surface area contributed by atoms with Crippen LogP contribution in [-0.2, 0) is 14.3 Å². The molecule has 0 radical (unpaired) electrons. The summed E-state index contributed by atoms with van der Waals surface area (Å²) in [6.45, 7) is 4.79. The molecule has 1 fully saturated rings. The second-order valence-electron chi connectivity index (χ2n) is 5.17. The van der Waals surface area contributed by atoms with E-state index in [2.05, 4.69) is 11.9 Å². The van der Waals surface area contributed by atoms with Gasteiger partial charge in [0.15, 0.2) is 6.10 Å². The van der Waals surface area contributed by atoms with E-state index in [0.29, 0.717) is 5.56 Å². The Balaban J connectivity index is 2.09. The van der Waals surface area contributed by atoms with E-state index in [4.69, 9.17) is 15.2 Å². The molecule has 1 aliphatic rings. The third-order valence-corrected chi connectivity index (χ3v) is 3.32. The number of rotatable bonds is 5. The molecule has 1 aliphatic heterocycles. The molecule has 1 aromatic carbocycles. The SMILES string of the molecule is C=C1O[C@@H](N/C=C\C(N)=O)[C@](C)(F)[C@@H]1OC(=O)c1ccccc1. The molecule has 0 saturated carbocycles. The summed E-state index contributed by atoms with van der Waals surface area (Å²) >= 11 is 0. The maximum atomic E-state index is 14.9. The minimum absolute atomic E-state index is 0.0238. The average molecular weight is 320 g/mol. The summed E-state index contributed by atoms with van der Waals surface area (Å²) in [6.07, 6.45) is -0.265. The number of alkyl halides is 1. The number of hydrogen-bond acceptors (Lipinski definition) is 5. The molecule has 1 saturated heterocycles. The topological polar surface area (TPSA) is 90.7 Å². The van der Waals surface area contributed by atoms with Gasteiger partial charge in [0.05, 0.1) is 5.56 Å². The van der Waals surface area contributed by atoms with Crippen LogP contribution in [0.5, 0.6) is 0 Å². The predicted molar refractivity (Wildman–Crippen MR) is 80.6 cm³/mol. The van der Waals surface area contributed by atoms with E-state index >= 15 is 0 Å². The molecule has 122 valence electrons. The van der Waals surface area contributed by atoms with Gasteiger partial charge in [-0.15, -0.1) is 0 Å². The maximum Gasteiger partial charge on any atom is 0.338 e. The lowest BCUT2D eigenvalue weighted by atomic mass is 10.0. The van der Waals surface area contributed by atoms with Crippen molar-refractivity contribution in [3.63, 3.8) is 0 Å². The lowest BCUT2D eigenvalue weighted by molar-refractivity contribution is -0.113. The molecule has 1 amide bonds. The summed E-state index contributed by atoms with van der Waals surface area (Å²) in [4.78, 5) is 22.7. The molecule has 1 aromatic rings. The molecule has 0 bridgehead atoms. The molecule has 0 aliphatic carbocycles. The van der Waals surface area contributed by atoms with Crippen LogP contribution in [0.3, 0.4) is 0 Å². The molecule has 1 heterocycles. The van der Waals surface area contributed by atoms with E-state index in [1.54, 1.807) is 30.3 Å². The number of nitrogens with one attached hydrogen (secondary N) is 1. The summed E-state index contributed by atoms with van der Waals surface area (Å²) in [5, 5.41) is 2.55. The molecule has 23 heavy (non-hydrogen) atoms. The smallest absolute Gasteiger partial charge is 0.338 e. The van der Waals surface area contributed by atoms with Crippen LogP contribution in [-0.4, -0.2) is 29.9 Å². The van der Waals surface area contributed by atoms with Crippen molar-refractivity contribution in [2.75, 3.05) is 0 Å². The highest BCUT2D eigenvalue weighted by atomic mass is 19.1. The molecular weight excluding hydrogens is 303 g/mol. The van der Waals surface area contributed by atoms with Crippen LogP contribution in [0.4, 0.5) is 4.39 Å². The largest absolute Gasteiger partial charge is 0.468 e. The van der Waals surface area contributed by atoms with Crippen LogP contribution in [0.2, 0.25) is 0 Å². The Bertz CT molecular complexity index is 643. The van der Waals surface area contributed by atoms with E-state index in [1.165, 1.54) is 13.1 Å². The van der Waals surface area contributed by atoms with Gasteiger partial charge < -0.3 is 20.5 Å². The zero-order valence-corrected chi connectivity index (χ0v) is 12.5. The van der Waals surface area contributed by atoms with E-state index in [1.807, 2.05) is 0 Å². The van der Waals surface area contributed by atoms with Crippen LogP contribution in [0.1, 0.15) is 17.3 Å². The van der Waals surface area contributed by atoms with Gasteiger partial charge in [-0.1, -0.05) is 24.8 Å². The number of carbonyl (C=O) groups excluding carboxylic acids is 2. The first-order valence-corrected chi connectivity index (χ1v) is 6.85.